The number of hydrogen-bond acceptors (Lipinski definition) is 12. The molecule has 0 amide bonds. The highest BCUT2D eigenvalue weighted by molar-refractivity contribution is 7.74. The van der Waals surface area contributed by atoms with Crippen LogP contribution in [0.1, 0.15) is 131 Å². The first kappa shape index (κ1) is 50.8. The number of hydrogen-bond donors (Lipinski definition) is 3. The Morgan fingerprint density at radius 2 is 1.73 bits per heavy atom. The number of piperidine rings is 1. The van der Waals surface area contributed by atoms with Crippen LogP contribution in [0.3, 0.4) is 0 Å². The largest absolute Gasteiger partial charge is 0.487 e. The van der Waals surface area contributed by atoms with Crippen LogP contribution in [0.25, 0.3) is 0 Å². The topological polar surface area (TPSA) is 155 Å². The van der Waals surface area contributed by atoms with Crippen molar-refractivity contribution in [1.29, 1.82) is 5.26 Å². The van der Waals surface area contributed by atoms with E-state index in [2.05, 4.69) is 72.1 Å². The van der Waals surface area contributed by atoms with E-state index in [4.69, 9.17) is 21.1 Å². The molecule has 5 rings (SSSR count). The summed E-state index contributed by atoms with van der Waals surface area (Å²) in [5.74, 6) is 1.96. The van der Waals surface area contributed by atoms with Crippen molar-refractivity contribution in [3.05, 3.63) is 111 Å². The van der Waals surface area contributed by atoms with Gasteiger partial charge in [0.2, 0.25) is 0 Å². The van der Waals surface area contributed by atoms with Crippen molar-refractivity contribution in [3.63, 3.8) is 0 Å². The monoisotopic (exact) mass is 899 g/mol. The van der Waals surface area contributed by atoms with E-state index in [1.807, 2.05) is 70.2 Å². The van der Waals surface area contributed by atoms with Crippen LogP contribution < -0.4 is 14.9 Å². The van der Waals surface area contributed by atoms with Crippen LogP contribution in [0.15, 0.2) is 66.9 Å². The number of rotatable bonds is 19. The number of thiol groups is 1. The molecule has 0 spiro atoms. The molecule has 0 saturated carbocycles. The highest BCUT2D eigenvalue weighted by atomic mass is 35.5. The number of likely N-dealkylation sites (tertiary alicyclic amines) is 1. The fourth-order valence-corrected chi connectivity index (χ4v) is 7.48. The maximum absolute atomic E-state index is 12.6. The summed E-state index contributed by atoms with van der Waals surface area (Å²) in [5, 5.41) is 20.4. The van der Waals surface area contributed by atoms with E-state index >= 15 is 0 Å². The molecule has 3 aromatic carbocycles. The molecule has 14 heteroatoms. The van der Waals surface area contributed by atoms with E-state index < -0.39 is 9.58 Å². The summed E-state index contributed by atoms with van der Waals surface area (Å²) in [7, 11) is 1.42. The summed E-state index contributed by atoms with van der Waals surface area (Å²) >= 11 is 10.8. The van der Waals surface area contributed by atoms with Crippen LogP contribution in [-0.2, 0) is 34.6 Å². The molecule has 2 unspecified atom stereocenters. The Hall–Kier alpha value is -4.84. The fourth-order valence-electron chi connectivity index (χ4n) is 7.13. The van der Waals surface area contributed by atoms with E-state index in [0.717, 1.165) is 61.2 Å². The highest BCUT2D eigenvalue weighted by Gasteiger charge is 2.28. The minimum absolute atomic E-state index is 0.0209. The number of nitrogens with one attached hydrogen (secondary N) is 1. The minimum atomic E-state index is -0.806. The number of anilines is 1. The number of Topliss-reactive ketones (excluding diaryl/α,β-unsaturated/α-hetero) is 3. The maximum atomic E-state index is 12.6. The van der Waals surface area contributed by atoms with Crippen molar-refractivity contribution in [2.75, 3.05) is 25.6 Å². The molecule has 2 N–H and O–H groups in total. The predicted octanol–water partition coefficient (Wildman–Crippen LogP) is 10.3. The summed E-state index contributed by atoms with van der Waals surface area (Å²) in [6, 6.07) is 21.9. The first-order valence-corrected chi connectivity index (χ1v) is 22.5. The minimum Gasteiger partial charge on any atom is -0.487 e. The third-order valence-corrected chi connectivity index (χ3v) is 11.8. The first-order chi connectivity index (χ1) is 29.7. The number of ketones is 3. The lowest BCUT2D eigenvalue weighted by molar-refractivity contribution is -0.955. The van der Waals surface area contributed by atoms with Crippen LogP contribution in [-0.4, -0.2) is 67.8 Å². The van der Waals surface area contributed by atoms with Gasteiger partial charge in [-0.1, -0.05) is 90.4 Å². The second-order valence-electron chi connectivity index (χ2n) is 17.2. The highest BCUT2D eigenvalue weighted by Crippen LogP contribution is 2.39. The molecular formula is C49H64ClN6O6S+. The molecular weight excluding hydrogens is 836 g/mol. The number of halogens is 1. The maximum Gasteiger partial charge on any atom is 0.273 e. The zero-order valence-electron chi connectivity index (χ0n) is 38.2. The van der Waals surface area contributed by atoms with E-state index in [1.54, 1.807) is 19.2 Å². The van der Waals surface area contributed by atoms with Crippen LogP contribution in [0.2, 0.25) is 5.02 Å². The van der Waals surface area contributed by atoms with E-state index in [9.17, 15) is 24.9 Å². The number of aromatic nitrogens is 2. The number of quaternary nitrogens is 1. The molecule has 2 heterocycles. The number of ether oxygens (including phenoxy) is 2. The summed E-state index contributed by atoms with van der Waals surface area (Å²) in [6.07, 6.45) is 5.84. The predicted molar refractivity (Wildman–Crippen MR) is 250 cm³/mol. The molecule has 0 bridgehead atoms. The zero-order valence-corrected chi connectivity index (χ0v) is 39.9. The van der Waals surface area contributed by atoms with Crippen LogP contribution in [0.4, 0.5) is 5.95 Å². The van der Waals surface area contributed by atoms with Gasteiger partial charge < -0.3 is 9.47 Å². The summed E-state index contributed by atoms with van der Waals surface area (Å²) in [6.45, 7) is 18.2. The Bertz CT molecular complexity index is 2230. The van der Waals surface area contributed by atoms with Gasteiger partial charge in [-0.25, -0.2) is 9.97 Å². The lowest BCUT2D eigenvalue weighted by atomic mass is 9.77. The average Bonchev–Trinajstić information content (AvgIpc) is 3.25. The van der Waals surface area contributed by atoms with Crippen molar-refractivity contribution in [3.8, 4) is 17.6 Å². The zero-order chi connectivity index (χ0) is 46.5. The smallest absolute Gasteiger partial charge is 0.273 e. The number of carbonyl (C=O) groups excluding carboxylic acids is 3. The van der Waals surface area contributed by atoms with Gasteiger partial charge in [-0.3, -0.25) is 19.3 Å². The lowest BCUT2D eigenvalue weighted by Crippen LogP contribution is -2.38. The summed E-state index contributed by atoms with van der Waals surface area (Å²) in [4.78, 5) is 45.0. The molecule has 338 valence electrons. The SMILES string of the molecule is CCC(=O)CCC(C)C(C)=O.CCc1cc(CN2CCC(Oc3c(Cl)cc(C(C)(C)c4ccc(OCc5ccnc(N[N+](C)(O)S)n5)cc4)cc3C#N)CC2)ccc1C(=O)C(C)C. The molecule has 1 fully saturated rings. The molecule has 1 saturated heterocycles. The van der Waals surface area contributed by atoms with Gasteiger partial charge in [0.05, 0.1) is 16.3 Å². The molecule has 1 aromatic heterocycles. The van der Waals surface area contributed by atoms with Crippen LogP contribution in [0, 0.1) is 23.2 Å². The van der Waals surface area contributed by atoms with E-state index in [1.165, 1.54) is 12.6 Å². The van der Waals surface area contributed by atoms with Crippen molar-refractivity contribution in [1.82, 2.24) is 14.9 Å². The quantitative estimate of drug-likeness (QED) is 0.0356. The fraction of sp³-hybridized carbons (Fsp3) is 0.469. The Morgan fingerprint density at radius 1 is 1.05 bits per heavy atom. The number of hydroxylamine groups is 1. The number of nitriles is 1. The van der Waals surface area contributed by atoms with Crippen molar-refractivity contribution in [2.24, 2.45) is 11.8 Å². The van der Waals surface area contributed by atoms with Gasteiger partial charge in [0.25, 0.3) is 5.95 Å². The van der Waals surface area contributed by atoms with Gasteiger partial charge in [0.1, 0.15) is 56.0 Å². The molecule has 4 aromatic rings. The first-order valence-electron chi connectivity index (χ1n) is 21.7. The lowest BCUT2D eigenvalue weighted by Gasteiger charge is -2.33. The molecule has 12 nitrogen and oxygen atoms in total. The number of benzene rings is 3. The normalized spacial score (nSPS) is 14.7. The van der Waals surface area contributed by atoms with Gasteiger partial charge in [-0.15, -0.1) is 0 Å². The van der Waals surface area contributed by atoms with Gasteiger partial charge in [-0.05, 0) is 89.4 Å². The number of aryl methyl sites for hydroxylation is 1. The van der Waals surface area contributed by atoms with Crippen LogP contribution >= 0.6 is 24.4 Å². The van der Waals surface area contributed by atoms with Crippen molar-refractivity contribution >= 4 is 47.7 Å². The Kier molecular flexibility index (Phi) is 18.7. The second kappa shape index (κ2) is 23.2. The number of carbonyl (C=O) groups is 3. The van der Waals surface area contributed by atoms with Crippen molar-refractivity contribution in [2.45, 2.75) is 119 Å². The molecule has 63 heavy (non-hydrogen) atoms. The van der Waals surface area contributed by atoms with Gasteiger partial charge >= 0.3 is 0 Å². The second-order valence-corrected chi connectivity index (χ2v) is 18.4. The van der Waals surface area contributed by atoms with E-state index in [-0.39, 0.29) is 47.8 Å². The molecule has 0 aliphatic carbocycles. The Morgan fingerprint density at radius 3 is 2.32 bits per heavy atom. The molecule has 0 radical (unpaired) electrons. The number of nitrogens with zero attached hydrogens (tertiary/aromatic N) is 5. The Labute approximate surface area is 384 Å². The van der Waals surface area contributed by atoms with Crippen LogP contribution in [0.5, 0.6) is 11.5 Å². The van der Waals surface area contributed by atoms with E-state index in [0.29, 0.717) is 47.0 Å². The third kappa shape index (κ3) is 15.1. The average molecular weight is 901 g/mol. The van der Waals surface area contributed by atoms with Gasteiger partial charge in [-0.2, -0.15) is 15.9 Å². The summed E-state index contributed by atoms with van der Waals surface area (Å²) in [5.41, 5.74) is 8.30. The molecule has 2 atom stereocenters. The standard InChI is InChI=1S/C40H48ClN6O4S.C9H16O2/c1-7-28-20-27(8-13-35(28)37(48)26(2)3)24-46-18-15-34(16-19-46)51-38-29(23-42)21-31(22-36(38)41)40(4,5)30-9-11-33(12-10-30)50-25-32-14-17-43-39(44-32)45-47(6,49)52;1-4-9(11)6-5-7(2)8(3)10/h8-14,17,20-22,26,34,49,52H,7,15-16,18-19,24-25H2,1-6H3,(H,43,44,45);7H,4-6H2,1-3H3/q+1;. The van der Waals surface area contributed by atoms with Gasteiger partial charge in [0, 0.05) is 61.5 Å². The molecule has 1 aliphatic heterocycles. The molecule has 1 aliphatic rings. The summed E-state index contributed by atoms with van der Waals surface area (Å²) < 4.78 is 11.6. The Balaban J connectivity index is 0.000000697. The van der Waals surface area contributed by atoms with Gasteiger partial charge in [0.15, 0.2) is 11.5 Å². The third-order valence-electron chi connectivity index (χ3n) is 11.4. The van der Waals surface area contributed by atoms with Crippen molar-refractivity contribution < 1.29 is 33.2 Å².